The van der Waals surface area contributed by atoms with Crippen LogP contribution < -0.4 is 19.5 Å². The third kappa shape index (κ3) is 4.38. The second-order valence-corrected chi connectivity index (χ2v) is 6.96. The van der Waals surface area contributed by atoms with Gasteiger partial charge in [-0.2, -0.15) is 0 Å². The van der Waals surface area contributed by atoms with Gasteiger partial charge < -0.3 is 19.5 Å². The summed E-state index contributed by atoms with van der Waals surface area (Å²) in [6.45, 7) is 0. The number of rotatable bonds is 5. The number of benzene rings is 3. The van der Waals surface area contributed by atoms with E-state index in [0.29, 0.717) is 17.9 Å². The monoisotopic (exact) mass is 404 g/mol. The Morgan fingerprint density at radius 1 is 0.828 bits per heavy atom. The highest BCUT2D eigenvalue weighted by Gasteiger charge is 2.16. The average molecular weight is 404 g/mol. The Morgan fingerprint density at radius 2 is 1.52 bits per heavy atom. The van der Waals surface area contributed by atoms with Crippen molar-refractivity contribution in [2.75, 3.05) is 19.5 Å². The van der Waals surface area contributed by atoms with E-state index in [1.807, 2.05) is 66.7 Å². The molecular formula is C23H20N2O3S. The molecule has 0 amide bonds. The molecule has 0 radical (unpaired) electrons. The number of aliphatic imine (C=N–C) groups is 1. The van der Waals surface area contributed by atoms with Gasteiger partial charge >= 0.3 is 0 Å². The number of nitrogens with one attached hydrogen (secondary N) is 1. The van der Waals surface area contributed by atoms with Crippen LogP contribution >= 0.6 is 12.2 Å². The largest absolute Gasteiger partial charge is 0.497 e. The minimum absolute atomic E-state index is 0.558. The summed E-state index contributed by atoms with van der Waals surface area (Å²) < 4.78 is 16.5. The topological polar surface area (TPSA) is 52.1 Å². The molecule has 3 aromatic rings. The van der Waals surface area contributed by atoms with Gasteiger partial charge in [-0.3, -0.25) is 4.99 Å². The standard InChI is InChI=1S/C23H20N2O3S/c1-26-16-8-6-15(7-9-16)21-14-23(29)25-20-11-10-19(13-22(20)24-21)28-18-5-3-4-17(12-18)27-2/h3-13H,14H2,1-2H3,(H,25,29). The molecule has 1 heterocycles. The summed E-state index contributed by atoms with van der Waals surface area (Å²) >= 11 is 5.50. The maximum atomic E-state index is 6.00. The van der Waals surface area contributed by atoms with E-state index in [-0.39, 0.29) is 0 Å². The van der Waals surface area contributed by atoms with Gasteiger partial charge in [0.2, 0.25) is 0 Å². The minimum Gasteiger partial charge on any atom is -0.497 e. The van der Waals surface area contributed by atoms with Crippen molar-refractivity contribution in [1.29, 1.82) is 0 Å². The second-order valence-electron chi connectivity index (χ2n) is 6.47. The van der Waals surface area contributed by atoms with Crippen molar-refractivity contribution in [3.8, 4) is 23.0 Å². The lowest BCUT2D eigenvalue weighted by Gasteiger charge is -2.10. The Bertz CT molecular complexity index is 1080. The lowest BCUT2D eigenvalue weighted by molar-refractivity contribution is 0.409. The highest BCUT2D eigenvalue weighted by molar-refractivity contribution is 7.80. The summed E-state index contributed by atoms with van der Waals surface area (Å²) in [5, 5.41) is 3.27. The smallest absolute Gasteiger partial charge is 0.131 e. The lowest BCUT2D eigenvalue weighted by atomic mass is 10.1. The quantitative estimate of drug-likeness (QED) is 0.548. The van der Waals surface area contributed by atoms with Gasteiger partial charge in [0.05, 0.1) is 36.3 Å². The first-order valence-electron chi connectivity index (χ1n) is 9.12. The van der Waals surface area contributed by atoms with Gasteiger partial charge in [0.25, 0.3) is 0 Å². The van der Waals surface area contributed by atoms with E-state index in [2.05, 4.69) is 5.32 Å². The van der Waals surface area contributed by atoms with Crippen LogP contribution in [0.1, 0.15) is 12.0 Å². The van der Waals surface area contributed by atoms with E-state index < -0.39 is 0 Å². The molecule has 1 aliphatic heterocycles. The Kier molecular flexibility index (Phi) is 5.44. The molecule has 5 nitrogen and oxygen atoms in total. The van der Waals surface area contributed by atoms with Gasteiger partial charge in [0, 0.05) is 18.6 Å². The minimum atomic E-state index is 0.558. The van der Waals surface area contributed by atoms with Crippen molar-refractivity contribution < 1.29 is 14.2 Å². The number of anilines is 1. The maximum Gasteiger partial charge on any atom is 0.131 e. The van der Waals surface area contributed by atoms with Crippen LogP contribution in [0.4, 0.5) is 11.4 Å². The van der Waals surface area contributed by atoms with Gasteiger partial charge in [-0.1, -0.05) is 18.3 Å². The SMILES string of the molecule is COc1ccc(C2=Nc3cc(Oc4cccc(OC)c4)ccc3NC(=S)C2)cc1. The molecule has 0 saturated carbocycles. The zero-order valence-corrected chi connectivity index (χ0v) is 17.0. The molecule has 0 bridgehead atoms. The number of hydrogen-bond donors (Lipinski definition) is 1. The third-order valence-corrected chi connectivity index (χ3v) is 4.77. The molecule has 0 unspecified atom stereocenters. The number of fused-ring (bicyclic) bond motifs is 1. The molecule has 0 spiro atoms. The van der Waals surface area contributed by atoms with Crippen LogP contribution in [0.5, 0.6) is 23.0 Å². The van der Waals surface area contributed by atoms with Crippen molar-refractivity contribution >= 4 is 34.3 Å². The second kappa shape index (κ2) is 8.32. The van der Waals surface area contributed by atoms with Crippen LogP contribution in [-0.2, 0) is 0 Å². The average Bonchev–Trinajstić information content (AvgIpc) is 2.91. The molecule has 0 saturated heterocycles. The first kappa shape index (κ1) is 19.0. The van der Waals surface area contributed by atoms with E-state index in [1.165, 1.54) is 0 Å². The molecule has 1 aliphatic rings. The summed E-state index contributed by atoms with van der Waals surface area (Å²) in [5.74, 6) is 2.92. The van der Waals surface area contributed by atoms with Crippen molar-refractivity contribution in [3.05, 3.63) is 72.3 Å². The number of methoxy groups -OCH3 is 2. The Balaban J connectivity index is 1.67. The number of ether oxygens (including phenoxy) is 3. The predicted molar refractivity (Wildman–Crippen MR) is 120 cm³/mol. The highest BCUT2D eigenvalue weighted by Crippen LogP contribution is 2.35. The maximum absolute atomic E-state index is 6.00. The summed E-state index contributed by atoms with van der Waals surface area (Å²) in [6.07, 6.45) is 0.558. The van der Waals surface area contributed by atoms with E-state index in [0.717, 1.165) is 39.1 Å². The summed E-state index contributed by atoms with van der Waals surface area (Å²) in [7, 11) is 3.28. The molecule has 4 rings (SSSR count). The summed E-state index contributed by atoms with van der Waals surface area (Å²) in [5.41, 5.74) is 3.52. The van der Waals surface area contributed by atoms with Crippen molar-refractivity contribution in [3.63, 3.8) is 0 Å². The number of thiocarbonyl (C=S) groups is 1. The molecule has 146 valence electrons. The molecule has 1 N–H and O–H groups in total. The lowest BCUT2D eigenvalue weighted by Crippen LogP contribution is -2.12. The Morgan fingerprint density at radius 3 is 2.28 bits per heavy atom. The van der Waals surface area contributed by atoms with Gasteiger partial charge in [-0.15, -0.1) is 0 Å². The van der Waals surface area contributed by atoms with Gasteiger partial charge in [-0.05, 0) is 54.1 Å². The fourth-order valence-corrected chi connectivity index (χ4v) is 3.30. The van der Waals surface area contributed by atoms with Crippen LogP contribution in [0.2, 0.25) is 0 Å². The molecule has 0 fully saturated rings. The van der Waals surface area contributed by atoms with E-state index in [4.69, 9.17) is 31.4 Å². The van der Waals surface area contributed by atoms with Gasteiger partial charge in [0.1, 0.15) is 23.0 Å². The molecule has 0 aromatic heterocycles. The first-order valence-corrected chi connectivity index (χ1v) is 9.53. The Labute approximate surface area is 175 Å². The van der Waals surface area contributed by atoms with Crippen molar-refractivity contribution in [2.24, 2.45) is 4.99 Å². The molecule has 0 atom stereocenters. The third-order valence-electron chi connectivity index (χ3n) is 4.53. The highest BCUT2D eigenvalue weighted by atomic mass is 32.1. The first-order chi connectivity index (χ1) is 14.1. The van der Waals surface area contributed by atoms with Crippen LogP contribution in [0.15, 0.2) is 71.7 Å². The van der Waals surface area contributed by atoms with E-state index in [1.54, 1.807) is 14.2 Å². The van der Waals surface area contributed by atoms with Crippen molar-refractivity contribution in [2.45, 2.75) is 6.42 Å². The number of hydrogen-bond acceptors (Lipinski definition) is 5. The van der Waals surface area contributed by atoms with E-state index in [9.17, 15) is 0 Å². The molecule has 0 aliphatic carbocycles. The van der Waals surface area contributed by atoms with Crippen molar-refractivity contribution in [1.82, 2.24) is 0 Å². The zero-order chi connectivity index (χ0) is 20.2. The predicted octanol–water partition coefficient (Wildman–Crippen LogP) is 5.76. The fourth-order valence-electron chi connectivity index (χ4n) is 3.06. The van der Waals surface area contributed by atoms with Crippen LogP contribution in [-0.4, -0.2) is 24.9 Å². The normalized spacial score (nSPS) is 12.9. The summed E-state index contributed by atoms with van der Waals surface area (Å²) in [4.78, 5) is 5.59. The summed E-state index contributed by atoms with van der Waals surface area (Å²) in [6, 6.07) is 21.0. The zero-order valence-electron chi connectivity index (χ0n) is 16.1. The van der Waals surface area contributed by atoms with E-state index >= 15 is 0 Å². The molecular weight excluding hydrogens is 384 g/mol. The fraction of sp³-hybridized carbons (Fsp3) is 0.130. The van der Waals surface area contributed by atoms with Gasteiger partial charge in [0.15, 0.2) is 0 Å². The van der Waals surface area contributed by atoms with Gasteiger partial charge in [-0.25, -0.2) is 0 Å². The number of nitrogens with zero attached hydrogens (tertiary/aromatic N) is 1. The molecule has 3 aromatic carbocycles. The molecule has 29 heavy (non-hydrogen) atoms. The van der Waals surface area contributed by atoms with Crippen LogP contribution in [0.25, 0.3) is 0 Å². The molecule has 6 heteroatoms. The van der Waals surface area contributed by atoms with Crippen LogP contribution in [0.3, 0.4) is 0 Å². The Hall–Kier alpha value is -3.38. The van der Waals surface area contributed by atoms with Crippen LogP contribution in [0, 0.1) is 0 Å².